The maximum atomic E-state index is 12.3. The molecule has 0 aliphatic rings. The highest BCUT2D eigenvalue weighted by molar-refractivity contribution is 7.13. The Balaban J connectivity index is 1.50. The third kappa shape index (κ3) is 3.74. The van der Waals surface area contributed by atoms with E-state index in [0.29, 0.717) is 5.69 Å². The van der Waals surface area contributed by atoms with Crippen molar-refractivity contribution >= 4 is 22.9 Å². The number of carbonyl (C=O) groups is 1. The van der Waals surface area contributed by atoms with Crippen LogP contribution in [0.4, 0.5) is 5.69 Å². The molecular weight excluding hydrogens is 372 g/mol. The Kier molecular flexibility index (Phi) is 4.82. The molecule has 0 saturated carbocycles. The van der Waals surface area contributed by atoms with Crippen LogP contribution >= 0.6 is 11.3 Å². The fourth-order valence-electron chi connectivity index (χ4n) is 2.66. The molecule has 0 atom stereocenters. The van der Waals surface area contributed by atoms with E-state index in [0.717, 1.165) is 26.5 Å². The number of nitrogens with one attached hydrogen (secondary N) is 1. The van der Waals surface area contributed by atoms with Gasteiger partial charge in [-0.05, 0) is 18.2 Å². The molecule has 4 aromatic rings. The summed E-state index contributed by atoms with van der Waals surface area (Å²) in [7, 11) is 1.51. The summed E-state index contributed by atoms with van der Waals surface area (Å²) in [6, 6.07) is 20.2. The number of rotatable bonds is 4. The molecule has 4 rings (SSSR count). The minimum atomic E-state index is -0.372. The summed E-state index contributed by atoms with van der Waals surface area (Å²) < 4.78 is 1.13. The molecule has 0 unspecified atom stereocenters. The number of amides is 1. The van der Waals surface area contributed by atoms with E-state index in [1.807, 2.05) is 60.0 Å². The molecule has 6 nitrogen and oxygen atoms in total. The second-order valence-corrected chi connectivity index (χ2v) is 6.97. The molecular formula is C21H16N4O2S. The molecule has 2 heterocycles. The first kappa shape index (κ1) is 17.8. The molecule has 1 amide bonds. The van der Waals surface area contributed by atoms with Crippen LogP contribution in [0.3, 0.4) is 0 Å². The number of carbonyl (C=O) groups excluding carboxylic acids is 1. The summed E-state index contributed by atoms with van der Waals surface area (Å²) in [6.45, 7) is 0. The zero-order valence-electron chi connectivity index (χ0n) is 15.0. The summed E-state index contributed by atoms with van der Waals surface area (Å²) in [6.07, 6.45) is 0. The van der Waals surface area contributed by atoms with Gasteiger partial charge in [-0.1, -0.05) is 42.5 Å². The number of nitrogens with zero attached hydrogens (tertiary/aromatic N) is 3. The molecule has 28 heavy (non-hydrogen) atoms. The number of thiazole rings is 1. The zero-order valence-corrected chi connectivity index (χ0v) is 15.8. The van der Waals surface area contributed by atoms with Gasteiger partial charge in [0, 0.05) is 35.3 Å². The fraction of sp³-hybridized carbons (Fsp3) is 0.0476. The van der Waals surface area contributed by atoms with Crippen LogP contribution in [0.2, 0.25) is 0 Å². The molecule has 0 aliphatic carbocycles. The number of aryl methyl sites for hydroxylation is 1. The molecule has 7 heteroatoms. The van der Waals surface area contributed by atoms with Crippen molar-refractivity contribution in [2.24, 2.45) is 7.05 Å². The third-order valence-electron chi connectivity index (χ3n) is 4.16. The van der Waals surface area contributed by atoms with Gasteiger partial charge in [-0.15, -0.1) is 11.3 Å². The number of aromatic nitrogens is 3. The van der Waals surface area contributed by atoms with Gasteiger partial charge in [0.05, 0.1) is 5.69 Å². The Hall–Kier alpha value is -3.58. The van der Waals surface area contributed by atoms with Gasteiger partial charge in [-0.2, -0.15) is 5.10 Å². The van der Waals surface area contributed by atoms with Gasteiger partial charge in [-0.3, -0.25) is 9.59 Å². The minimum absolute atomic E-state index is 0.179. The summed E-state index contributed by atoms with van der Waals surface area (Å²) in [4.78, 5) is 28.4. The molecule has 0 spiro atoms. The van der Waals surface area contributed by atoms with Crippen molar-refractivity contribution in [1.82, 2.24) is 14.8 Å². The van der Waals surface area contributed by atoms with Crippen molar-refractivity contribution in [2.75, 3.05) is 5.32 Å². The molecule has 0 saturated heterocycles. The first-order valence-corrected chi connectivity index (χ1v) is 9.45. The molecule has 1 N–H and O–H groups in total. The summed E-state index contributed by atoms with van der Waals surface area (Å²) >= 11 is 1.60. The van der Waals surface area contributed by atoms with Gasteiger partial charge in [0.15, 0.2) is 0 Å². The average Bonchev–Trinajstić information content (AvgIpc) is 3.21. The standard InChI is InChI=1S/C21H16N4O2S/c1-25-19(26)12-11-17(24-25)20(27)22-16-9-7-14(8-10-16)18-13-28-21(23-18)15-5-3-2-4-6-15/h2-13H,1H3,(H,22,27). The highest BCUT2D eigenvalue weighted by Gasteiger charge is 2.10. The summed E-state index contributed by atoms with van der Waals surface area (Å²) in [5, 5.41) is 9.71. The van der Waals surface area contributed by atoms with E-state index in [1.165, 1.54) is 19.2 Å². The van der Waals surface area contributed by atoms with Crippen LogP contribution in [0.1, 0.15) is 10.5 Å². The Morgan fingerprint density at radius 3 is 2.43 bits per heavy atom. The molecule has 138 valence electrons. The van der Waals surface area contributed by atoms with Gasteiger partial charge >= 0.3 is 0 Å². The second kappa shape index (κ2) is 7.58. The van der Waals surface area contributed by atoms with Crippen molar-refractivity contribution < 1.29 is 4.79 Å². The van der Waals surface area contributed by atoms with Crippen LogP contribution in [0, 0.1) is 0 Å². The normalized spacial score (nSPS) is 10.6. The van der Waals surface area contributed by atoms with Gasteiger partial charge < -0.3 is 5.32 Å². The van der Waals surface area contributed by atoms with Gasteiger partial charge in [0.1, 0.15) is 10.7 Å². The first-order chi connectivity index (χ1) is 13.6. The van der Waals surface area contributed by atoms with Crippen molar-refractivity contribution in [3.05, 3.63) is 88.2 Å². The van der Waals surface area contributed by atoms with Crippen LogP contribution in [0.25, 0.3) is 21.8 Å². The van der Waals surface area contributed by atoms with Crippen LogP contribution in [-0.4, -0.2) is 20.7 Å². The predicted octanol–water partition coefficient (Wildman–Crippen LogP) is 3.82. The lowest BCUT2D eigenvalue weighted by atomic mass is 10.1. The van der Waals surface area contributed by atoms with Crippen LogP contribution in [0.15, 0.2) is 76.9 Å². The van der Waals surface area contributed by atoms with Gasteiger partial charge in [0.2, 0.25) is 0 Å². The number of anilines is 1. The summed E-state index contributed by atoms with van der Waals surface area (Å²) in [5.41, 5.74) is 3.51. The largest absolute Gasteiger partial charge is 0.321 e. The average molecular weight is 388 g/mol. The van der Waals surface area contributed by atoms with Crippen LogP contribution < -0.4 is 10.9 Å². The summed E-state index contributed by atoms with van der Waals surface area (Å²) in [5.74, 6) is -0.372. The Morgan fingerprint density at radius 1 is 0.964 bits per heavy atom. The Labute approximate surface area is 165 Å². The Bertz CT molecular complexity index is 1180. The molecule has 2 aromatic heterocycles. The van der Waals surface area contributed by atoms with Crippen molar-refractivity contribution in [1.29, 1.82) is 0 Å². The molecule has 0 radical (unpaired) electrons. The van der Waals surface area contributed by atoms with Crippen LogP contribution in [-0.2, 0) is 7.05 Å². The molecule has 0 fully saturated rings. The van der Waals surface area contributed by atoms with Crippen LogP contribution in [0.5, 0.6) is 0 Å². The van der Waals surface area contributed by atoms with E-state index in [-0.39, 0.29) is 17.2 Å². The minimum Gasteiger partial charge on any atom is -0.321 e. The number of hydrogen-bond donors (Lipinski definition) is 1. The lowest BCUT2D eigenvalue weighted by Gasteiger charge is -2.06. The molecule has 0 bridgehead atoms. The molecule has 0 aliphatic heterocycles. The smallest absolute Gasteiger partial charge is 0.276 e. The SMILES string of the molecule is Cn1nc(C(=O)Nc2ccc(-c3csc(-c4ccccc4)n3)cc2)ccc1=O. The topological polar surface area (TPSA) is 76.9 Å². The molecule has 2 aromatic carbocycles. The Morgan fingerprint density at radius 2 is 1.71 bits per heavy atom. The highest BCUT2D eigenvalue weighted by Crippen LogP contribution is 2.29. The monoisotopic (exact) mass is 388 g/mol. The van der Waals surface area contributed by atoms with Gasteiger partial charge in [0.25, 0.3) is 11.5 Å². The first-order valence-electron chi connectivity index (χ1n) is 8.57. The van der Waals surface area contributed by atoms with Crippen molar-refractivity contribution in [3.8, 4) is 21.8 Å². The lowest BCUT2D eigenvalue weighted by molar-refractivity contribution is 0.102. The second-order valence-electron chi connectivity index (χ2n) is 6.12. The van der Waals surface area contributed by atoms with E-state index < -0.39 is 0 Å². The third-order valence-corrected chi connectivity index (χ3v) is 5.05. The lowest BCUT2D eigenvalue weighted by Crippen LogP contribution is -2.23. The maximum absolute atomic E-state index is 12.3. The van der Waals surface area contributed by atoms with Gasteiger partial charge in [-0.25, -0.2) is 9.67 Å². The van der Waals surface area contributed by atoms with E-state index in [9.17, 15) is 9.59 Å². The van der Waals surface area contributed by atoms with E-state index in [4.69, 9.17) is 4.98 Å². The van der Waals surface area contributed by atoms with E-state index in [2.05, 4.69) is 10.4 Å². The number of benzene rings is 2. The number of hydrogen-bond acceptors (Lipinski definition) is 5. The van der Waals surface area contributed by atoms with E-state index in [1.54, 1.807) is 11.3 Å². The highest BCUT2D eigenvalue weighted by atomic mass is 32.1. The van der Waals surface area contributed by atoms with E-state index >= 15 is 0 Å². The predicted molar refractivity (Wildman–Crippen MR) is 110 cm³/mol. The maximum Gasteiger partial charge on any atom is 0.276 e. The zero-order chi connectivity index (χ0) is 19.5. The van der Waals surface area contributed by atoms with Crippen molar-refractivity contribution in [3.63, 3.8) is 0 Å². The fourth-order valence-corrected chi connectivity index (χ4v) is 3.50. The van der Waals surface area contributed by atoms with Crippen molar-refractivity contribution in [2.45, 2.75) is 0 Å². The quantitative estimate of drug-likeness (QED) is 0.577.